The average Bonchev–Trinajstić information content (AvgIpc) is 2.58. The summed E-state index contributed by atoms with van der Waals surface area (Å²) >= 11 is 0. The Balaban J connectivity index is 2.02. The average molecular weight is 333 g/mol. The number of nitrogens with zero attached hydrogens (tertiary/aromatic N) is 1. The Morgan fingerprint density at radius 1 is 1.21 bits per heavy atom. The predicted molar refractivity (Wildman–Crippen MR) is 84.2 cm³/mol. The lowest BCUT2D eigenvalue weighted by Gasteiger charge is -2.13. The van der Waals surface area contributed by atoms with Gasteiger partial charge in [-0.2, -0.15) is 0 Å². The van der Waals surface area contributed by atoms with Gasteiger partial charge in [-0.15, -0.1) is 10.1 Å². The molecule has 2 aromatic carbocycles. The van der Waals surface area contributed by atoms with E-state index in [-0.39, 0.29) is 13.2 Å². The van der Waals surface area contributed by atoms with Crippen molar-refractivity contribution in [3.8, 4) is 11.1 Å². The standard InChI is InChI=1S/C17H16FNO5/c1-12(17(20)23-9-10-24-19(21)22)14-7-8-15(16(18)11-14)13-5-3-2-4-6-13/h2-8,11-12H,9-10H2,1H3/t12-/m1/s1. The molecule has 0 amide bonds. The van der Waals surface area contributed by atoms with Crippen LogP contribution in [-0.2, 0) is 14.4 Å². The van der Waals surface area contributed by atoms with Crippen LogP contribution in [0.25, 0.3) is 11.1 Å². The number of hydrogen-bond donors (Lipinski definition) is 0. The molecule has 2 rings (SSSR count). The number of carbonyl (C=O) groups is 1. The van der Waals surface area contributed by atoms with Gasteiger partial charge in [0.1, 0.15) is 19.0 Å². The van der Waals surface area contributed by atoms with E-state index in [2.05, 4.69) is 4.84 Å². The minimum Gasteiger partial charge on any atom is -0.463 e. The lowest BCUT2D eigenvalue weighted by Crippen LogP contribution is -2.17. The van der Waals surface area contributed by atoms with E-state index in [1.54, 1.807) is 31.2 Å². The third-order valence-electron chi connectivity index (χ3n) is 3.46. The van der Waals surface area contributed by atoms with Crippen molar-refractivity contribution in [1.82, 2.24) is 0 Å². The van der Waals surface area contributed by atoms with Crippen molar-refractivity contribution >= 4 is 5.97 Å². The molecule has 0 aromatic heterocycles. The van der Waals surface area contributed by atoms with E-state index >= 15 is 0 Å². The second-order valence-corrected chi connectivity index (χ2v) is 5.05. The molecule has 0 aliphatic rings. The number of benzene rings is 2. The molecular weight excluding hydrogens is 317 g/mol. The van der Waals surface area contributed by atoms with Crippen molar-refractivity contribution in [1.29, 1.82) is 0 Å². The fourth-order valence-corrected chi connectivity index (χ4v) is 2.17. The zero-order valence-corrected chi connectivity index (χ0v) is 13.0. The van der Waals surface area contributed by atoms with Crippen LogP contribution in [0.2, 0.25) is 0 Å². The molecular formula is C17H16FNO5. The fourth-order valence-electron chi connectivity index (χ4n) is 2.17. The van der Waals surface area contributed by atoms with E-state index in [4.69, 9.17) is 4.74 Å². The van der Waals surface area contributed by atoms with Crippen molar-refractivity contribution in [2.24, 2.45) is 0 Å². The third kappa shape index (κ3) is 4.52. The van der Waals surface area contributed by atoms with Gasteiger partial charge in [-0.3, -0.25) is 4.79 Å². The highest BCUT2D eigenvalue weighted by molar-refractivity contribution is 5.78. The van der Waals surface area contributed by atoms with Crippen LogP contribution in [-0.4, -0.2) is 24.3 Å². The van der Waals surface area contributed by atoms with Crippen molar-refractivity contribution < 1.29 is 23.8 Å². The van der Waals surface area contributed by atoms with Crippen LogP contribution >= 0.6 is 0 Å². The maximum absolute atomic E-state index is 14.3. The summed E-state index contributed by atoms with van der Waals surface area (Å²) in [6.45, 7) is 0.995. The number of ether oxygens (including phenoxy) is 1. The van der Waals surface area contributed by atoms with E-state index in [9.17, 15) is 19.3 Å². The molecule has 0 unspecified atom stereocenters. The van der Waals surface area contributed by atoms with Crippen LogP contribution in [0, 0.1) is 15.9 Å². The molecule has 0 heterocycles. The summed E-state index contributed by atoms with van der Waals surface area (Å²) < 4.78 is 19.2. The summed E-state index contributed by atoms with van der Waals surface area (Å²) in [7, 11) is 0. The lowest BCUT2D eigenvalue weighted by molar-refractivity contribution is -0.757. The SMILES string of the molecule is C[C@@H](C(=O)OCCO[N+](=O)[O-])c1ccc(-c2ccccc2)c(F)c1. The summed E-state index contributed by atoms with van der Waals surface area (Å²) in [5.74, 6) is -1.73. The van der Waals surface area contributed by atoms with Crippen molar-refractivity contribution in [3.05, 3.63) is 70.0 Å². The molecule has 1 atom stereocenters. The fraction of sp³-hybridized carbons (Fsp3) is 0.235. The first-order chi connectivity index (χ1) is 11.5. The Labute approximate surface area is 137 Å². The highest BCUT2D eigenvalue weighted by Crippen LogP contribution is 2.26. The Bertz CT molecular complexity index is 720. The van der Waals surface area contributed by atoms with Crippen LogP contribution in [0.3, 0.4) is 0 Å². The number of halogens is 1. The second-order valence-electron chi connectivity index (χ2n) is 5.05. The summed E-state index contributed by atoms with van der Waals surface area (Å²) in [6, 6.07) is 13.6. The quantitative estimate of drug-likeness (QED) is 0.336. The maximum Gasteiger partial charge on any atom is 0.313 e. The van der Waals surface area contributed by atoms with Crippen LogP contribution in [0.1, 0.15) is 18.4 Å². The Kier molecular flexibility index (Phi) is 5.83. The van der Waals surface area contributed by atoms with Gasteiger partial charge in [-0.25, -0.2) is 4.39 Å². The molecule has 0 saturated carbocycles. The molecule has 6 nitrogen and oxygen atoms in total. The van der Waals surface area contributed by atoms with Crippen LogP contribution < -0.4 is 0 Å². The van der Waals surface area contributed by atoms with Crippen molar-refractivity contribution in [2.45, 2.75) is 12.8 Å². The molecule has 0 aliphatic heterocycles. The molecule has 2 aromatic rings. The minimum absolute atomic E-state index is 0.241. The molecule has 0 radical (unpaired) electrons. The van der Waals surface area contributed by atoms with Gasteiger partial charge >= 0.3 is 5.97 Å². The van der Waals surface area contributed by atoms with Crippen molar-refractivity contribution in [3.63, 3.8) is 0 Å². The van der Waals surface area contributed by atoms with Gasteiger partial charge in [-0.05, 0) is 24.1 Å². The highest BCUT2D eigenvalue weighted by Gasteiger charge is 2.18. The Morgan fingerprint density at radius 3 is 2.54 bits per heavy atom. The summed E-state index contributed by atoms with van der Waals surface area (Å²) in [4.78, 5) is 25.9. The Hall–Kier alpha value is -2.96. The largest absolute Gasteiger partial charge is 0.463 e. The smallest absolute Gasteiger partial charge is 0.313 e. The highest BCUT2D eigenvalue weighted by atomic mass is 19.1. The third-order valence-corrected chi connectivity index (χ3v) is 3.46. The van der Waals surface area contributed by atoms with Crippen LogP contribution in [0.4, 0.5) is 4.39 Å². The van der Waals surface area contributed by atoms with Crippen LogP contribution in [0.5, 0.6) is 0 Å². The van der Waals surface area contributed by atoms with E-state index in [0.717, 1.165) is 5.56 Å². The molecule has 0 fully saturated rings. The summed E-state index contributed by atoms with van der Waals surface area (Å²) in [5.41, 5.74) is 1.65. The molecule has 0 saturated heterocycles. The van der Waals surface area contributed by atoms with E-state index in [1.807, 2.05) is 18.2 Å². The molecule has 0 spiro atoms. The van der Waals surface area contributed by atoms with Gasteiger partial charge in [-0.1, -0.05) is 42.5 Å². The van der Waals surface area contributed by atoms with Gasteiger partial charge in [0.2, 0.25) is 0 Å². The number of rotatable bonds is 7. The Morgan fingerprint density at radius 2 is 1.92 bits per heavy atom. The van der Waals surface area contributed by atoms with Gasteiger partial charge in [0, 0.05) is 5.56 Å². The van der Waals surface area contributed by atoms with Gasteiger partial charge in [0.05, 0.1) is 5.92 Å². The van der Waals surface area contributed by atoms with E-state index < -0.39 is 22.8 Å². The topological polar surface area (TPSA) is 78.7 Å². The van der Waals surface area contributed by atoms with E-state index in [1.165, 1.54) is 6.07 Å². The predicted octanol–water partition coefficient (Wildman–Crippen LogP) is 3.35. The second kappa shape index (κ2) is 8.05. The molecule has 0 aliphatic carbocycles. The first kappa shape index (κ1) is 17.4. The molecule has 24 heavy (non-hydrogen) atoms. The van der Waals surface area contributed by atoms with Gasteiger partial charge in [0.15, 0.2) is 0 Å². The first-order valence-electron chi connectivity index (χ1n) is 7.28. The molecule has 0 N–H and O–H groups in total. The zero-order valence-electron chi connectivity index (χ0n) is 13.0. The number of hydrogen-bond acceptors (Lipinski definition) is 5. The number of esters is 1. The molecule has 0 bridgehead atoms. The number of carbonyl (C=O) groups excluding carboxylic acids is 1. The monoisotopic (exact) mass is 333 g/mol. The van der Waals surface area contributed by atoms with Gasteiger partial charge in [0.25, 0.3) is 5.09 Å². The first-order valence-corrected chi connectivity index (χ1v) is 7.28. The molecule has 126 valence electrons. The van der Waals surface area contributed by atoms with E-state index in [0.29, 0.717) is 11.1 Å². The normalized spacial score (nSPS) is 11.6. The van der Waals surface area contributed by atoms with Crippen LogP contribution in [0.15, 0.2) is 48.5 Å². The minimum atomic E-state index is -0.963. The summed E-state index contributed by atoms with van der Waals surface area (Å²) in [5, 5.41) is 9.02. The summed E-state index contributed by atoms with van der Waals surface area (Å²) in [6.07, 6.45) is 0. The van der Waals surface area contributed by atoms with Crippen molar-refractivity contribution in [2.75, 3.05) is 13.2 Å². The maximum atomic E-state index is 14.3. The lowest BCUT2D eigenvalue weighted by atomic mass is 9.97. The molecule has 7 heteroatoms. The zero-order chi connectivity index (χ0) is 17.5. The van der Waals surface area contributed by atoms with Gasteiger partial charge < -0.3 is 9.57 Å².